The molecule has 0 bridgehead atoms. The zero-order valence-electron chi connectivity index (χ0n) is 17.4. The number of carbonyl (C=O) groups is 3. The Morgan fingerprint density at radius 2 is 1.72 bits per heavy atom. The summed E-state index contributed by atoms with van der Waals surface area (Å²) >= 11 is 0. The lowest BCUT2D eigenvalue weighted by atomic mass is 10.0. The molecule has 0 unspecified atom stereocenters. The lowest BCUT2D eigenvalue weighted by Gasteiger charge is -2.11. The molecule has 1 atom stereocenters. The first kappa shape index (κ1) is 21.9. The van der Waals surface area contributed by atoms with Crippen molar-refractivity contribution >= 4 is 23.6 Å². The number of hydrogen-bond acceptors (Lipinski definition) is 6. The van der Waals surface area contributed by atoms with Crippen LogP contribution in [0.4, 0.5) is 0 Å². The number of rotatable bonds is 8. The first-order valence-corrected chi connectivity index (χ1v) is 9.04. The van der Waals surface area contributed by atoms with Crippen molar-refractivity contribution in [2.24, 2.45) is 0 Å². The molecule has 1 aromatic heterocycles. The van der Waals surface area contributed by atoms with E-state index >= 15 is 0 Å². The van der Waals surface area contributed by atoms with Gasteiger partial charge < -0.3 is 19.2 Å². The van der Waals surface area contributed by atoms with Crippen molar-refractivity contribution in [3.8, 4) is 11.5 Å². The van der Waals surface area contributed by atoms with E-state index in [4.69, 9.17) is 14.2 Å². The van der Waals surface area contributed by atoms with Crippen LogP contribution in [0.15, 0.2) is 24.3 Å². The first-order valence-electron chi connectivity index (χ1n) is 9.04. The molecule has 29 heavy (non-hydrogen) atoms. The van der Waals surface area contributed by atoms with Gasteiger partial charge >= 0.3 is 5.97 Å². The lowest BCUT2D eigenvalue weighted by Crippen LogP contribution is -2.24. The summed E-state index contributed by atoms with van der Waals surface area (Å²) in [5.74, 6) is -0.0736. The molecule has 7 heteroatoms. The van der Waals surface area contributed by atoms with Crippen LogP contribution in [0.2, 0.25) is 0 Å². The topological polar surface area (TPSA) is 94.7 Å². The summed E-state index contributed by atoms with van der Waals surface area (Å²) in [4.78, 5) is 39.4. The average Bonchev–Trinajstić information content (AvgIpc) is 2.99. The molecule has 0 aliphatic rings. The maximum atomic E-state index is 12.6. The molecule has 0 amide bonds. The van der Waals surface area contributed by atoms with Gasteiger partial charge in [-0.25, -0.2) is 4.79 Å². The van der Waals surface area contributed by atoms with Crippen molar-refractivity contribution in [3.05, 3.63) is 52.4 Å². The van der Waals surface area contributed by atoms with Crippen molar-refractivity contribution < 1.29 is 28.6 Å². The van der Waals surface area contributed by atoms with Crippen molar-refractivity contribution in [2.45, 2.75) is 33.8 Å². The highest BCUT2D eigenvalue weighted by Crippen LogP contribution is 2.28. The Balaban J connectivity index is 2.09. The van der Waals surface area contributed by atoms with Crippen molar-refractivity contribution in [3.63, 3.8) is 0 Å². The number of methoxy groups -OCH3 is 2. The number of aryl methyl sites for hydroxylation is 1. The number of carbonyl (C=O) groups excluding carboxylic acids is 3. The van der Waals surface area contributed by atoms with E-state index < -0.39 is 17.9 Å². The third-order valence-corrected chi connectivity index (χ3v) is 4.52. The lowest BCUT2D eigenvalue weighted by molar-refractivity contribution is -0.140. The molecule has 0 fully saturated rings. The van der Waals surface area contributed by atoms with Gasteiger partial charge in [-0.2, -0.15) is 0 Å². The number of hydrogen-bond donors (Lipinski definition) is 1. The molecule has 2 rings (SSSR count). The van der Waals surface area contributed by atoms with E-state index in [2.05, 4.69) is 4.98 Å². The standard InChI is InChI=1S/C22H25NO6/c1-12-20(14(3)24)13(2)23-21(12)22(26)15(4)29-19(25)10-8-16-7-9-17(27-5)18(11-16)28-6/h7-11,15,23H,1-6H3/b10-8+/t15-/m1/s1. The molecule has 1 heterocycles. The second kappa shape index (κ2) is 9.23. The largest absolute Gasteiger partial charge is 0.493 e. The van der Waals surface area contributed by atoms with Crippen LogP contribution >= 0.6 is 0 Å². The van der Waals surface area contributed by atoms with E-state index in [0.29, 0.717) is 33.9 Å². The highest BCUT2D eigenvalue weighted by Gasteiger charge is 2.25. The molecule has 0 spiro atoms. The number of ether oxygens (including phenoxy) is 3. The molecule has 7 nitrogen and oxygen atoms in total. The highest BCUT2D eigenvalue weighted by molar-refractivity contribution is 6.05. The molecule has 0 saturated carbocycles. The Hall–Kier alpha value is -3.35. The quantitative estimate of drug-likeness (QED) is 0.413. The molecule has 0 saturated heterocycles. The molecule has 0 radical (unpaired) electrons. The molecule has 0 aliphatic carbocycles. The smallest absolute Gasteiger partial charge is 0.331 e. The monoisotopic (exact) mass is 399 g/mol. The first-order chi connectivity index (χ1) is 13.7. The van der Waals surface area contributed by atoms with E-state index in [1.54, 1.807) is 38.1 Å². The van der Waals surface area contributed by atoms with Crippen LogP contribution in [0.25, 0.3) is 6.08 Å². The molecule has 0 aliphatic heterocycles. The van der Waals surface area contributed by atoms with Crippen LogP contribution in [-0.2, 0) is 9.53 Å². The van der Waals surface area contributed by atoms with Crippen molar-refractivity contribution in [1.29, 1.82) is 0 Å². The normalized spacial score (nSPS) is 11.9. The average molecular weight is 399 g/mol. The third-order valence-electron chi connectivity index (χ3n) is 4.52. The number of aromatic nitrogens is 1. The minimum atomic E-state index is -1.01. The van der Waals surface area contributed by atoms with Gasteiger partial charge in [0.15, 0.2) is 23.4 Å². The van der Waals surface area contributed by atoms with Gasteiger partial charge in [0.1, 0.15) is 0 Å². The second-order valence-electron chi connectivity index (χ2n) is 6.57. The Labute approximate surface area is 169 Å². The Morgan fingerprint density at radius 1 is 1.07 bits per heavy atom. The van der Waals surface area contributed by atoms with E-state index in [9.17, 15) is 14.4 Å². The zero-order chi connectivity index (χ0) is 21.7. The van der Waals surface area contributed by atoms with Gasteiger partial charge in [0, 0.05) is 17.3 Å². The summed E-state index contributed by atoms with van der Waals surface area (Å²) in [6.07, 6.45) is 1.78. The summed E-state index contributed by atoms with van der Waals surface area (Å²) in [5, 5.41) is 0. The van der Waals surface area contributed by atoms with Crippen LogP contribution in [0.3, 0.4) is 0 Å². The van der Waals surface area contributed by atoms with Crippen molar-refractivity contribution in [1.82, 2.24) is 4.98 Å². The predicted octanol–water partition coefficient (Wildman–Crippen LogP) is 3.68. The summed E-state index contributed by atoms with van der Waals surface area (Å²) in [5.41, 5.74) is 2.65. The van der Waals surface area contributed by atoms with Crippen LogP contribution in [0.5, 0.6) is 11.5 Å². The van der Waals surface area contributed by atoms with E-state index in [1.165, 1.54) is 34.1 Å². The summed E-state index contributed by atoms with van der Waals surface area (Å²) < 4.78 is 15.6. The summed E-state index contributed by atoms with van der Waals surface area (Å²) in [6.45, 7) is 6.36. The van der Waals surface area contributed by atoms with Crippen LogP contribution < -0.4 is 9.47 Å². The molecular weight excluding hydrogens is 374 g/mol. The number of esters is 1. The number of aromatic amines is 1. The molecule has 154 valence electrons. The predicted molar refractivity (Wildman–Crippen MR) is 109 cm³/mol. The molecular formula is C22H25NO6. The van der Waals surface area contributed by atoms with E-state index in [1.807, 2.05) is 0 Å². The van der Waals surface area contributed by atoms with Gasteiger partial charge in [0.2, 0.25) is 5.78 Å². The van der Waals surface area contributed by atoms with Gasteiger partial charge in [-0.05, 0) is 57.0 Å². The van der Waals surface area contributed by atoms with Crippen LogP contribution in [-0.4, -0.2) is 42.8 Å². The Bertz CT molecular complexity index is 970. The minimum absolute atomic E-state index is 0.127. The Morgan fingerprint density at radius 3 is 2.28 bits per heavy atom. The van der Waals surface area contributed by atoms with Gasteiger partial charge in [0.05, 0.1) is 19.9 Å². The fraction of sp³-hybridized carbons (Fsp3) is 0.318. The third kappa shape index (κ3) is 4.93. The molecule has 1 N–H and O–H groups in total. The number of H-pyrrole nitrogens is 1. The zero-order valence-corrected chi connectivity index (χ0v) is 17.4. The SMILES string of the molecule is COc1ccc(/C=C/C(=O)O[C@H](C)C(=O)c2[nH]c(C)c(C(C)=O)c2C)cc1OC. The van der Waals surface area contributed by atoms with Gasteiger partial charge in [0.25, 0.3) is 0 Å². The van der Waals surface area contributed by atoms with Gasteiger partial charge in [-0.1, -0.05) is 6.07 Å². The van der Waals surface area contributed by atoms with Gasteiger partial charge in [-0.3, -0.25) is 9.59 Å². The second-order valence-corrected chi connectivity index (χ2v) is 6.57. The van der Waals surface area contributed by atoms with Gasteiger partial charge in [-0.15, -0.1) is 0 Å². The number of benzene rings is 1. The fourth-order valence-electron chi connectivity index (χ4n) is 3.12. The molecule has 2 aromatic rings. The fourth-order valence-corrected chi connectivity index (χ4v) is 3.12. The van der Waals surface area contributed by atoms with E-state index in [-0.39, 0.29) is 11.5 Å². The number of Topliss-reactive ketones (excluding diaryl/α,β-unsaturated/α-hetero) is 2. The summed E-state index contributed by atoms with van der Waals surface area (Å²) in [7, 11) is 3.06. The molecule has 1 aromatic carbocycles. The van der Waals surface area contributed by atoms with E-state index in [0.717, 1.165) is 0 Å². The minimum Gasteiger partial charge on any atom is -0.493 e. The summed E-state index contributed by atoms with van der Waals surface area (Å²) in [6, 6.07) is 5.19. The maximum absolute atomic E-state index is 12.6. The van der Waals surface area contributed by atoms with Crippen molar-refractivity contribution in [2.75, 3.05) is 14.2 Å². The highest BCUT2D eigenvalue weighted by atomic mass is 16.5. The Kier molecular flexibility index (Phi) is 6.98. The number of nitrogens with one attached hydrogen (secondary N) is 1. The number of ketones is 2. The maximum Gasteiger partial charge on any atom is 0.331 e. The van der Waals surface area contributed by atoms with Crippen LogP contribution in [0, 0.1) is 13.8 Å². The van der Waals surface area contributed by atoms with Crippen LogP contribution in [0.1, 0.15) is 51.5 Å².